The van der Waals surface area contributed by atoms with E-state index < -0.39 is 10.0 Å². The van der Waals surface area contributed by atoms with E-state index in [-0.39, 0.29) is 29.8 Å². The smallest absolute Gasteiger partial charge is 0.254 e. The Balaban J connectivity index is 1.67. The molecule has 1 amide bonds. The van der Waals surface area contributed by atoms with Gasteiger partial charge in [-0.15, -0.1) is 0 Å². The number of halogens is 1. The molecule has 2 N–H and O–H groups in total. The normalized spacial score (nSPS) is 11.6. The van der Waals surface area contributed by atoms with E-state index in [0.717, 1.165) is 11.4 Å². The molecule has 3 aromatic rings. The summed E-state index contributed by atoms with van der Waals surface area (Å²) in [7, 11) is -3.61. The molecule has 1 heterocycles. The molecule has 0 radical (unpaired) electrons. The molecule has 7 nitrogen and oxygen atoms in total. The Kier molecular flexibility index (Phi) is 6.91. The highest BCUT2D eigenvalue weighted by Gasteiger charge is 2.21. The number of sulfonamides is 1. The van der Waals surface area contributed by atoms with Crippen LogP contribution in [-0.2, 0) is 10.0 Å². The summed E-state index contributed by atoms with van der Waals surface area (Å²) in [5.41, 5.74) is 1.95. The number of hydrogen-bond donors (Lipinski definition) is 2. The third-order valence-corrected chi connectivity index (χ3v) is 6.12. The lowest BCUT2D eigenvalue weighted by molar-refractivity contribution is 0.0953. The quantitative estimate of drug-likeness (QED) is 0.519. The molecule has 0 atom stereocenters. The Bertz CT molecular complexity index is 1130. The Morgan fingerprint density at radius 1 is 1.10 bits per heavy atom. The van der Waals surface area contributed by atoms with Gasteiger partial charge in [0.2, 0.25) is 10.0 Å². The minimum Gasteiger partial charge on any atom is -0.351 e. The Hall–Kier alpha value is -2.68. The van der Waals surface area contributed by atoms with Crippen molar-refractivity contribution in [1.29, 1.82) is 0 Å². The summed E-state index contributed by atoms with van der Waals surface area (Å²) >= 11 is 6.09. The van der Waals surface area contributed by atoms with E-state index in [1.165, 1.54) is 18.3 Å². The number of rotatable bonds is 8. The third-order valence-electron chi connectivity index (χ3n) is 4.41. The minimum absolute atomic E-state index is 0.0313. The van der Waals surface area contributed by atoms with E-state index in [9.17, 15) is 13.2 Å². The average Bonchev–Trinajstić information content (AvgIpc) is 3.17. The lowest BCUT2D eigenvalue weighted by Gasteiger charge is -2.13. The first-order valence-electron chi connectivity index (χ1n) is 9.46. The maximum atomic E-state index is 12.7. The number of amides is 1. The second-order valence-electron chi connectivity index (χ2n) is 6.96. The van der Waals surface area contributed by atoms with Gasteiger partial charge in [0.05, 0.1) is 28.0 Å². The van der Waals surface area contributed by atoms with Crippen molar-refractivity contribution in [3.63, 3.8) is 0 Å². The van der Waals surface area contributed by atoms with Crippen molar-refractivity contribution in [2.24, 2.45) is 0 Å². The molecule has 9 heteroatoms. The molecule has 0 aliphatic rings. The van der Waals surface area contributed by atoms with E-state index in [4.69, 9.17) is 11.6 Å². The standard InChI is InChI=1S/C21H23ClN4O3S/c1-15(2)20-19(14-24-26(20)17-8-6-7-16(22)13-17)21(27)23-11-12-25-30(28,29)18-9-4-3-5-10-18/h3-10,13-15,25H,11-12H2,1-2H3,(H,23,27). The highest BCUT2D eigenvalue weighted by atomic mass is 35.5. The zero-order valence-corrected chi connectivity index (χ0v) is 18.2. The van der Waals surface area contributed by atoms with Gasteiger partial charge < -0.3 is 5.32 Å². The topological polar surface area (TPSA) is 93.1 Å². The van der Waals surface area contributed by atoms with Gasteiger partial charge in [-0.25, -0.2) is 17.8 Å². The third kappa shape index (κ3) is 5.08. The molecule has 0 spiro atoms. The molecule has 2 aromatic carbocycles. The van der Waals surface area contributed by atoms with Crippen LogP contribution in [0, 0.1) is 0 Å². The van der Waals surface area contributed by atoms with E-state index in [2.05, 4.69) is 15.1 Å². The summed E-state index contributed by atoms with van der Waals surface area (Å²) < 4.78 is 28.6. The van der Waals surface area contributed by atoms with Gasteiger partial charge in [0.1, 0.15) is 0 Å². The molecule has 3 rings (SSSR count). The molecule has 0 aliphatic heterocycles. The second kappa shape index (κ2) is 9.42. The molecular formula is C21H23ClN4O3S. The Morgan fingerprint density at radius 2 is 1.83 bits per heavy atom. The molecule has 0 bridgehead atoms. The fourth-order valence-corrected chi connectivity index (χ4v) is 4.28. The predicted molar refractivity (Wildman–Crippen MR) is 117 cm³/mol. The highest BCUT2D eigenvalue weighted by molar-refractivity contribution is 7.89. The van der Waals surface area contributed by atoms with Crippen LogP contribution in [0.3, 0.4) is 0 Å². The molecule has 1 aromatic heterocycles. The fraction of sp³-hybridized carbons (Fsp3) is 0.238. The van der Waals surface area contributed by atoms with Gasteiger partial charge in [-0.2, -0.15) is 5.10 Å². The van der Waals surface area contributed by atoms with E-state index in [1.807, 2.05) is 26.0 Å². The van der Waals surface area contributed by atoms with Crippen molar-refractivity contribution < 1.29 is 13.2 Å². The SMILES string of the molecule is CC(C)c1c(C(=O)NCCNS(=O)(=O)c2ccccc2)cnn1-c1cccc(Cl)c1. The van der Waals surface area contributed by atoms with Crippen LogP contribution in [0.4, 0.5) is 0 Å². The summed E-state index contributed by atoms with van der Waals surface area (Å²) in [5, 5.41) is 7.69. The fourth-order valence-electron chi connectivity index (χ4n) is 3.04. The minimum atomic E-state index is -3.61. The Labute approximate surface area is 181 Å². The van der Waals surface area contributed by atoms with Crippen LogP contribution in [0.25, 0.3) is 5.69 Å². The van der Waals surface area contributed by atoms with Crippen molar-refractivity contribution >= 4 is 27.5 Å². The number of nitrogens with zero attached hydrogens (tertiary/aromatic N) is 2. The number of hydrogen-bond acceptors (Lipinski definition) is 4. The number of aromatic nitrogens is 2. The van der Waals surface area contributed by atoms with Crippen molar-refractivity contribution in [3.8, 4) is 5.69 Å². The van der Waals surface area contributed by atoms with Gasteiger partial charge in [0.25, 0.3) is 5.91 Å². The van der Waals surface area contributed by atoms with Crippen LogP contribution in [0.1, 0.15) is 35.8 Å². The first-order chi connectivity index (χ1) is 14.3. The summed E-state index contributed by atoms with van der Waals surface area (Å²) in [5.74, 6) is -0.283. The number of carbonyl (C=O) groups is 1. The van der Waals surface area contributed by atoms with Crippen molar-refractivity contribution in [2.75, 3.05) is 13.1 Å². The van der Waals surface area contributed by atoms with Gasteiger partial charge in [-0.05, 0) is 36.2 Å². The van der Waals surface area contributed by atoms with Gasteiger partial charge >= 0.3 is 0 Å². The molecule has 158 valence electrons. The maximum Gasteiger partial charge on any atom is 0.254 e. The average molecular weight is 447 g/mol. The Morgan fingerprint density at radius 3 is 2.50 bits per heavy atom. The summed E-state index contributed by atoms with van der Waals surface area (Å²) in [6.45, 7) is 4.17. The predicted octanol–water partition coefficient (Wildman–Crippen LogP) is 3.36. The molecule has 0 fully saturated rings. The molecule has 0 unspecified atom stereocenters. The second-order valence-corrected chi connectivity index (χ2v) is 9.16. The lowest BCUT2D eigenvalue weighted by Crippen LogP contribution is -2.35. The van der Waals surface area contributed by atoms with Crippen LogP contribution < -0.4 is 10.0 Å². The first kappa shape index (κ1) is 22.0. The van der Waals surface area contributed by atoms with Crippen molar-refractivity contribution in [3.05, 3.63) is 77.1 Å². The molecule has 0 saturated heterocycles. The molecule has 0 aliphatic carbocycles. The highest BCUT2D eigenvalue weighted by Crippen LogP contribution is 2.24. The zero-order valence-electron chi connectivity index (χ0n) is 16.7. The van der Waals surface area contributed by atoms with E-state index >= 15 is 0 Å². The van der Waals surface area contributed by atoms with E-state index in [0.29, 0.717) is 10.6 Å². The van der Waals surface area contributed by atoms with Crippen molar-refractivity contribution in [1.82, 2.24) is 19.8 Å². The largest absolute Gasteiger partial charge is 0.351 e. The van der Waals surface area contributed by atoms with Gasteiger partial charge in [0.15, 0.2) is 0 Å². The van der Waals surface area contributed by atoms with E-state index in [1.54, 1.807) is 35.0 Å². The molecular weight excluding hydrogens is 424 g/mol. The maximum absolute atomic E-state index is 12.7. The first-order valence-corrected chi connectivity index (χ1v) is 11.3. The zero-order chi connectivity index (χ0) is 21.7. The van der Waals surface area contributed by atoms with Crippen LogP contribution in [0.2, 0.25) is 5.02 Å². The van der Waals surface area contributed by atoms with Crippen LogP contribution in [0.5, 0.6) is 0 Å². The van der Waals surface area contributed by atoms with Crippen LogP contribution in [0.15, 0.2) is 65.7 Å². The number of benzene rings is 2. The van der Waals surface area contributed by atoms with Crippen molar-refractivity contribution in [2.45, 2.75) is 24.7 Å². The lowest BCUT2D eigenvalue weighted by atomic mass is 10.1. The summed E-state index contributed by atoms with van der Waals surface area (Å²) in [4.78, 5) is 12.9. The number of nitrogens with one attached hydrogen (secondary N) is 2. The van der Waals surface area contributed by atoms with Gasteiger partial charge in [0, 0.05) is 18.1 Å². The number of carbonyl (C=O) groups excluding carboxylic acids is 1. The van der Waals surface area contributed by atoms with Gasteiger partial charge in [-0.1, -0.05) is 49.7 Å². The van der Waals surface area contributed by atoms with Crippen LogP contribution >= 0.6 is 11.6 Å². The monoisotopic (exact) mass is 446 g/mol. The van der Waals surface area contributed by atoms with Crippen LogP contribution in [-0.4, -0.2) is 37.2 Å². The summed E-state index contributed by atoms with van der Waals surface area (Å²) in [6.07, 6.45) is 1.51. The van der Waals surface area contributed by atoms with Gasteiger partial charge in [-0.3, -0.25) is 4.79 Å². The summed E-state index contributed by atoms with van der Waals surface area (Å²) in [6, 6.07) is 15.3. The molecule has 0 saturated carbocycles. The molecule has 30 heavy (non-hydrogen) atoms.